The third-order valence-electron chi connectivity index (χ3n) is 4.74. The highest BCUT2D eigenvalue weighted by Crippen LogP contribution is 2.26. The second-order valence-corrected chi connectivity index (χ2v) is 6.45. The van der Waals surface area contributed by atoms with Gasteiger partial charge >= 0.3 is 6.03 Å². The van der Waals surface area contributed by atoms with Gasteiger partial charge in [0.1, 0.15) is 0 Å². The molecule has 2 fully saturated rings. The van der Waals surface area contributed by atoms with E-state index in [1.165, 1.54) is 0 Å². The molecule has 1 aromatic carbocycles. The van der Waals surface area contributed by atoms with Gasteiger partial charge in [0.15, 0.2) is 5.82 Å². The van der Waals surface area contributed by atoms with Crippen LogP contribution in [0.25, 0.3) is 11.5 Å². The lowest BCUT2D eigenvalue weighted by Crippen LogP contribution is -2.46. The molecule has 3 heterocycles. The van der Waals surface area contributed by atoms with Crippen molar-refractivity contribution in [2.75, 3.05) is 44.7 Å². The zero-order valence-electron chi connectivity index (χ0n) is 14.6. The van der Waals surface area contributed by atoms with Crippen molar-refractivity contribution in [3.05, 3.63) is 30.1 Å². The Morgan fingerprint density at radius 1 is 1.27 bits per heavy atom. The normalized spacial score (nSPS) is 21.2. The van der Waals surface area contributed by atoms with Crippen LogP contribution < -0.4 is 15.5 Å². The van der Waals surface area contributed by atoms with Crippen molar-refractivity contribution in [2.45, 2.75) is 12.5 Å². The van der Waals surface area contributed by atoms with Crippen LogP contribution in [0.3, 0.4) is 0 Å². The van der Waals surface area contributed by atoms with E-state index in [9.17, 15) is 4.79 Å². The zero-order chi connectivity index (χ0) is 17.2. The summed E-state index contributed by atoms with van der Waals surface area (Å²) in [6.45, 7) is 4.17. The summed E-state index contributed by atoms with van der Waals surface area (Å²) in [5.41, 5.74) is 1.66. The molecule has 0 spiro atoms. The van der Waals surface area contributed by atoms with Crippen LogP contribution in [-0.4, -0.2) is 60.8 Å². The van der Waals surface area contributed by atoms with Crippen molar-refractivity contribution in [1.82, 2.24) is 25.7 Å². The first-order valence-corrected chi connectivity index (χ1v) is 8.63. The molecule has 0 aliphatic carbocycles. The molecule has 8 nitrogen and oxygen atoms in total. The summed E-state index contributed by atoms with van der Waals surface area (Å²) >= 11 is 0. The van der Waals surface area contributed by atoms with Gasteiger partial charge in [0.25, 0.3) is 5.89 Å². The third-order valence-corrected chi connectivity index (χ3v) is 4.74. The molecule has 0 saturated carbocycles. The molecule has 2 amide bonds. The van der Waals surface area contributed by atoms with Gasteiger partial charge in [0, 0.05) is 44.0 Å². The highest BCUT2D eigenvalue weighted by Gasteiger charge is 2.26. The lowest BCUT2D eigenvalue weighted by Gasteiger charge is -2.30. The van der Waals surface area contributed by atoms with Crippen molar-refractivity contribution < 1.29 is 9.32 Å². The van der Waals surface area contributed by atoms with Gasteiger partial charge in [0.05, 0.1) is 6.04 Å². The number of nitrogens with zero attached hydrogens (tertiary/aromatic N) is 4. The molecule has 2 saturated heterocycles. The SMILES string of the molecule is CN1CCNCC1c1noc(-c2cccc(N3CCCNC3=O)c2)n1.Cl. The van der Waals surface area contributed by atoms with E-state index in [1.54, 1.807) is 4.90 Å². The Bertz CT molecular complexity index is 767. The van der Waals surface area contributed by atoms with Crippen LogP contribution in [-0.2, 0) is 0 Å². The van der Waals surface area contributed by atoms with E-state index in [0.29, 0.717) is 18.3 Å². The molecule has 1 aromatic heterocycles. The first kappa shape index (κ1) is 18.6. The van der Waals surface area contributed by atoms with Crippen molar-refractivity contribution in [3.63, 3.8) is 0 Å². The summed E-state index contributed by atoms with van der Waals surface area (Å²) in [4.78, 5) is 20.6. The summed E-state index contributed by atoms with van der Waals surface area (Å²) in [5, 5.41) is 10.4. The molecule has 140 valence electrons. The fraction of sp³-hybridized carbons (Fsp3) is 0.471. The topological polar surface area (TPSA) is 86.5 Å². The van der Waals surface area contributed by atoms with Crippen LogP contribution in [0.15, 0.2) is 28.8 Å². The van der Waals surface area contributed by atoms with Crippen LogP contribution in [0.4, 0.5) is 10.5 Å². The molecule has 2 aliphatic heterocycles. The number of amides is 2. The van der Waals surface area contributed by atoms with Crippen molar-refractivity contribution in [2.24, 2.45) is 0 Å². The van der Waals surface area contributed by atoms with Crippen molar-refractivity contribution in [3.8, 4) is 11.5 Å². The number of urea groups is 1. The van der Waals surface area contributed by atoms with Crippen molar-refractivity contribution in [1.29, 1.82) is 0 Å². The average Bonchev–Trinajstić information content (AvgIpc) is 3.12. The number of rotatable bonds is 3. The summed E-state index contributed by atoms with van der Waals surface area (Å²) in [6.07, 6.45) is 0.932. The Balaban J connectivity index is 0.00000196. The lowest BCUT2D eigenvalue weighted by atomic mass is 10.1. The smallest absolute Gasteiger partial charge is 0.321 e. The van der Waals surface area contributed by atoms with Gasteiger partial charge in [-0.05, 0) is 31.7 Å². The van der Waals surface area contributed by atoms with E-state index in [2.05, 4.69) is 32.7 Å². The number of piperazine rings is 1. The van der Waals surface area contributed by atoms with E-state index in [1.807, 2.05) is 24.3 Å². The first-order chi connectivity index (χ1) is 12.2. The highest BCUT2D eigenvalue weighted by molar-refractivity contribution is 5.93. The van der Waals surface area contributed by atoms with Gasteiger partial charge in [0.2, 0.25) is 0 Å². The molecule has 2 aromatic rings. The van der Waals surface area contributed by atoms with Crippen molar-refractivity contribution >= 4 is 24.1 Å². The predicted octanol–water partition coefficient (Wildman–Crippen LogP) is 1.65. The Morgan fingerprint density at radius 2 is 2.15 bits per heavy atom. The Labute approximate surface area is 158 Å². The minimum Gasteiger partial charge on any atom is -0.338 e. The maximum Gasteiger partial charge on any atom is 0.321 e. The first-order valence-electron chi connectivity index (χ1n) is 8.63. The molecular weight excluding hydrogens is 356 g/mol. The molecule has 1 atom stereocenters. The molecule has 0 bridgehead atoms. The molecule has 1 unspecified atom stereocenters. The van der Waals surface area contributed by atoms with E-state index < -0.39 is 0 Å². The Hall–Kier alpha value is -2.16. The number of carbonyl (C=O) groups excluding carboxylic acids is 1. The van der Waals surface area contributed by atoms with E-state index in [4.69, 9.17) is 4.52 Å². The van der Waals surface area contributed by atoms with E-state index >= 15 is 0 Å². The minimum absolute atomic E-state index is 0. The number of hydrogen-bond donors (Lipinski definition) is 2. The van der Waals surface area contributed by atoms with Crippen LogP contribution in [0.2, 0.25) is 0 Å². The molecule has 9 heteroatoms. The maximum atomic E-state index is 12.0. The van der Waals surface area contributed by atoms with Gasteiger partial charge in [-0.25, -0.2) is 4.79 Å². The van der Waals surface area contributed by atoms with Gasteiger partial charge in [-0.3, -0.25) is 9.80 Å². The number of hydrogen-bond acceptors (Lipinski definition) is 6. The monoisotopic (exact) mass is 378 g/mol. The fourth-order valence-corrected chi connectivity index (χ4v) is 3.26. The summed E-state index contributed by atoms with van der Waals surface area (Å²) < 4.78 is 5.49. The van der Waals surface area contributed by atoms with Gasteiger partial charge < -0.3 is 15.2 Å². The highest BCUT2D eigenvalue weighted by atomic mass is 35.5. The molecule has 0 radical (unpaired) electrons. The Morgan fingerprint density at radius 3 is 2.96 bits per heavy atom. The Kier molecular flexibility index (Phi) is 5.75. The van der Waals surface area contributed by atoms with Gasteiger partial charge in [-0.2, -0.15) is 4.98 Å². The van der Waals surface area contributed by atoms with Crippen LogP contribution in [0.1, 0.15) is 18.3 Å². The molecule has 26 heavy (non-hydrogen) atoms. The largest absolute Gasteiger partial charge is 0.338 e. The van der Waals surface area contributed by atoms with Crippen LogP contribution in [0, 0.1) is 0 Å². The van der Waals surface area contributed by atoms with Crippen LogP contribution in [0.5, 0.6) is 0 Å². The standard InChI is InChI=1S/C17H22N6O2.ClH/c1-22-9-7-18-11-14(22)15-20-16(25-21-15)12-4-2-5-13(10-12)23-8-3-6-19-17(23)24;/h2,4-5,10,14,18H,3,6-9,11H2,1H3,(H,19,24);1H. The number of nitrogens with one attached hydrogen (secondary N) is 2. The molecule has 4 rings (SSSR count). The number of aromatic nitrogens is 2. The number of carbonyl (C=O) groups is 1. The van der Waals surface area contributed by atoms with E-state index in [-0.39, 0.29) is 24.5 Å². The fourth-order valence-electron chi connectivity index (χ4n) is 3.26. The number of benzene rings is 1. The second-order valence-electron chi connectivity index (χ2n) is 6.45. The molecular formula is C17H23ClN6O2. The maximum absolute atomic E-state index is 12.0. The molecule has 2 aliphatic rings. The van der Waals surface area contributed by atoms with Gasteiger partial charge in [-0.15, -0.1) is 12.4 Å². The summed E-state index contributed by atoms with van der Waals surface area (Å²) in [6, 6.07) is 7.72. The van der Waals surface area contributed by atoms with Crippen LogP contribution >= 0.6 is 12.4 Å². The quantitative estimate of drug-likeness (QED) is 0.844. The third kappa shape index (κ3) is 3.67. The lowest BCUT2D eigenvalue weighted by molar-refractivity contribution is 0.190. The minimum atomic E-state index is -0.0653. The number of likely N-dealkylation sites (N-methyl/N-ethyl adjacent to an activating group) is 1. The second kappa shape index (κ2) is 8.03. The molecule has 2 N–H and O–H groups in total. The summed E-state index contributed by atoms with van der Waals surface area (Å²) in [5.74, 6) is 1.17. The number of anilines is 1. The zero-order valence-corrected chi connectivity index (χ0v) is 15.5. The van der Waals surface area contributed by atoms with E-state index in [0.717, 1.165) is 43.9 Å². The predicted molar refractivity (Wildman–Crippen MR) is 101 cm³/mol. The summed E-state index contributed by atoms with van der Waals surface area (Å²) in [7, 11) is 2.07. The average molecular weight is 379 g/mol. The number of halogens is 1. The van der Waals surface area contributed by atoms with Gasteiger partial charge in [-0.1, -0.05) is 11.2 Å².